The normalized spacial score (nSPS) is 10.8. The van der Waals surface area contributed by atoms with Gasteiger partial charge in [-0.1, -0.05) is 12.1 Å². The standard InChI is InChI=1S/C13H16IN3O/c1-18-7-6-15-8-11-2-4-13(5-3-11)17-10-12(14)9-16-17/h2-5,9-10,15H,6-8H2,1H3. The average molecular weight is 357 g/mol. The molecule has 0 amide bonds. The highest BCUT2D eigenvalue weighted by atomic mass is 127. The molecule has 1 heterocycles. The molecule has 0 spiro atoms. The number of ether oxygens (including phenoxy) is 1. The first-order valence-electron chi connectivity index (χ1n) is 5.79. The summed E-state index contributed by atoms with van der Waals surface area (Å²) in [6.07, 6.45) is 3.85. The average Bonchev–Trinajstić information content (AvgIpc) is 2.82. The molecule has 96 valence electrons. The monoisotopic (exact) mass is 357 g/mol. The molecular formula is C13H16IN3O. The molecule has 0 saturated carbocycles. The van der Waals surface area contributed by atoms with E-state index in [9.17, 15) is 0 Å². The molecule has 0 radical (unpaired) electrons. The third-order valence-corrected chi connectivity index (χ3v) is 3.12. The largest absolute Gasteiger partial charge is 0.383 e. The minimum atomic E-state index is 0.740. The van der Waals surface area contributed by atoms with Crippen LogP contribution in [0.1, 0.15) is 5.56 Å². The van der Waals surface area contributed by atoms with Crippen LogP contribution in [0.5, 0.6) is 0 Å². The van der Waals surface area contributed by atoms with Gasteiger partial charge in [-0.2, -0.15) is 5.10 Å². The molecule has 0 aliphatic heterocycles. The Morgan fingerprint density at radius 1 is 1.33 bits per heavy atom. The molecule has 1 aromatic heterocycles. The zero-order valence-electron chi connectivity index (χ0n) is 10.3. The Kier molecular flexibility index (Phi) is 5.15. The third-order valence-electron chi connectivity index (χ3n) is 2.56. The van der Waals surface area contributed by atoms with Crippen molar-refractivity contribution in [2.45, 2.75) is 6.54 Å². The second-order valence-electron chi connectivity index (χ2n) is 3.94. The summed E-state index contributed by atoms with van der Waals surface area (Å²) in [5, 5.41) is 7.60. The van der Waals surface area contributed by atoms with Crippen LogP contribution in [0, 0.1) is 3.57 Å². The van der Waals surface area contributed by atoms with E-state index in [1.807, 2.05) is 17.1 Å². The minimum Gasteiger partial charge on any atom is -0.383 e. The molecule has 1 N–H and O–H groups in total. The van der Waals surface area contributed by atoms with Gasteiger partial charge in [0.2, 0.25) is 0 Å². The molecule has 2 rings (SSSR count). The lowest BCUT2D eigenvalue weighted by Gasteiger charge is -2.06. The van der Waals surface area contributed by atoms with Crippen LogP contribution in [0.15, 0.2) is 36.7 Å². The van der Waals surface area contributed by atoms with Crippen molar-refractivity contribution in [2.24, 2.45) is 0 Å². The number of hydrogen-bond donors (Lipinski definition) is 1. The maximum atomic E-state index is 4.98. The van der Waals surface area contributed by atoms with Crippen LogP contribution in [0.2, 0.25) is 0 Å². The number of nitrogens with one attached hydrogen (secondary N) is 1. The summed E-state index contributed by atoms with van der Waals surface area (Å²) in [7, 11) is 1.71. The predicted octanol–water partition coefficient (Wildman–Crippen LogP) is 2.21. The number of halogens is 1. The number of hydrogen-bond acceptors (Lipinski definition) is 3. The molecule has 2 aromatic rings. The first kappa shape index (κ1) is 13.5. The van der Waals surface area contributed by atoms with Gasteiger partial charge in [0.15, 0.2) is 0 Å². The second kappa shape index (κ2) is 6.86. The van der Waals surface area contributed by atoms with Crippen molar-refractivity contribution < 1.29 is 4.74 Å². The van der Waals surface area contributed by atoms with Crippen molar-refractivity contribution in [2.75, 3.05) is 20.3 Å². The van der Waals surface area contributed by atoms with Crippen molar-refractivity contribution in [3.63, 3.8) is 0 Å². The molecule has 18 heavy (non-hydrogen) atoms. The van der Waals surface area contributed by atoms with Crippen LogP contribution < -0.4 is 5.32 Å². The zero-order chi connectivity index (χ0) is 12.8. The molecule has 0 aliphatic carbocycles. The van der Waals surface area contributed by atoms with Crippen LogP contribution in [-0.2, 0) is 11.3 Å². The van der Waals surface area contributed by atoms with Gasteiger partial charge in [-0.15, -0.1) is 0 Å². The summed E-state index contributed by atoms with van der Waals surface area (Å²) in [6, 6.07) is 8.39. The highest BCUT2D eigenvalue weighted by Crippen LogP contribution is 2.11. The number of rotatable bonds is 6. The van der Waals surface area contributed by atoms with E-state index < -0.39 is 0 Å². The van der Waals surface area contributed by atoms with Crippen molar-refractivity contribution >= 4 is 22.6 Å². The Bertz CT molecular complexity index is 481. The minimum absolute atomic E-state index is 0.740. The maximum absolute atomic E-state index is 4.98. The van der Waals surface area contributed by atoms with Gasteiger partial charge in [0.1, 0.15) is 0 Å². The van der Waals surface area contributed by atoms with Crippen LogP contribution >= 0.6 is 22.6 Å². The molecular weight excluding hydrogens is 341 g/mol. The Hall–Kier alpha value is -0.920. The van der Waals surface area contributed by atoms with Gasteiger partial charge in [0.25, 0.3) is 0 Å². The summed E-state index contributed by atoms with van der Waals surface area (Å²) in [4.78, 5) is 0. The quantitative estimate of drug-likeness (QED) is 0.637. The zero-order valence-corrected chi connectivity index (χ0v) is 12.4. The lowest BCUT2D eigenvalue weighted by atomic mass is 10.2. The van der Waals surface area contributed by atoms with Gasteiger partial charge in [-0.05, 0) is 40.3 Å². The van der Waals surface area contributed by atoms with E-state index in [0.717, 1.165) is 29.0 Å². The molecule has 0 unspecified atom stereocenters. The molecule has 5 heteroatoms. The van der Waals surface area contributed by atoms with Crippen LogP contribution in [-0.4, -0.2) is 30.0 Å². The SMILES string of the molecule is COCCNCc1ccc(-n2cc(I)cn2)cc1. The van der Waals surface area contributed by atoms with Crippen molar-refractivity contribution in [3.8, 4) is 5.69 Å². The van der Waals surface area contributed by atoms with Crippen LogP contribution in [0.3, 0.4) is 0 Å². The van der Waals surface area contributed by atoms with Crippen molar-refractivity contribution in [3.05, 3.63) is 45.8 Å². The highest BCUT2D eigenvalue weighted by molar-refractivity contribution is 14.1. The summed E-state index contributed by atoms with van der Waals surface area (Å²) >= 11 is 2.26. The molecule has 0 atom stereocenters. The van der Waals surface area contributed by atoms with Gasteiger partial charge >= 0.3 is 0 Å². The van der Waals surface area contributed by atoms with E-state index in [-0.39, 0.29) is 0 Å². The summed E-state index contributed by atoms with van der Waals surface area (Å²) in [5.41, 5.74) is 2.34. The number of nitrogens with zero attached hydrogens (tertiary/aromatic N) is 2. The molecule has 1 aromatic carbocycles. The fourth-order valence-corrected chi connectivity index (χ4v) is 2.00. The highest BCUT2D eigenvalue weighted by Gasteiger charge is 1.99. The lowest BCUT2D eigenvalue weighted by Crippen LogP contribution is -2.18. The van der Waals surface area contributed by atoms with Gasteiger partial charge < -0.3 is 10.1 Å². The topological polar surface area (TPSA) is 39.1 Å². The Morgan fingerprint density at radius 2 is 2.11 bits per heavy atom. The number of aromatic nitrogens is 2. The van der Waals surface area contributed by atoms with E-state index in [1.54, 1.807) is 7.11 Å². The smallest absolute Gasteiger partial charge is 0.0646 e. The molecule has 4 nitrogen and oxygen atoms in total. The number of methoxy groups -OCH3 is 1. The maximum Gasteiger partial charge on any atom is 0.0646 e. The predicted molar refractivity (Wildman–Crippen MR) is 79.9 cm³/mol. The Morgan fingerprint density at radius 3 is 2.72 bits per heavy atom. The summed E-state index contributed by atoms with van der Waals surface area (Å²) < 4.78 is 8.00. The first-order valence-corrected chi connectivity index (χ1v) is 6.86. The fraction of sp³-hybridized carbons (Fsp3) is 0.308. The van der Waals surface area contributed by atoms with Crippen molar-refractivity contribution in [1.82, 2.24) is 15.1 Å². The van der Waals surface area contributed by atoms with E-state index >= 15 is 0 Å². The van der Waals surface area contributed by atoms with Gasteiger partial charge in [0, 0.05) is 26.4 Å². The second-order valence-corrected chi connectivity index (χ2v) is 5.18. The molecule has 0 aliphatic rings. The van der Waals surface area contributed by atoms with E-state index in [2.05, 4.69) is 57.3 Å². The lowest BCUT2D eigenvalue weighted by molar-refractivity contribution is 0.199. The molecule has 0 bridgehead atoms. The fourth-order valence-electron chi connectivity index (χ4n) is 1.62. The summed E-state index contributed by atoms with van der Waals surface area (Å²) in [6.45, 7) is 2.47. The Labute approximate surface area is 120 Å². The van der Waals surface area contributed by atoms with E-state index in [1.165, 1.54) is 5.56 Å². The van der Waals surface area contributed by atoms with Gasteiger partial charge in [-0.25, -0.2) is 4.68 Å². The third kappa shape index (κ3) is 3.79. The summed E-state index contributed by atoms with van der Waals surface area (Å²) in [5.74, 6) is 0. The Balaban J connectivity index is 1.93. The van der Waals surface area contributed by atoms with Gasteiger partial charge in [0.05, 0.1) is 22.1 Å². The van der Waals surface area contributed by atoms with Crippen LogP contribution in [0.4, 0.5) is 0 Å². The molecule has 0 fully saturated rings. The van der Waals surface area contributed by atoms with Gasteiger partial charge in [-0.3, -0.25) is 0 Å². The van der Waals surface area contributed by atoms with Crippen LogP contribution in [0.25, 0.3) is 5.69 Å². The number of benzene rings is 1. The molecule has 0 saturated heterocycles. The first-order chi connectivity index (χ1) is 8.79. The van der Waals surface area contributed by atoms with E-state index in [0.29, 0.717) is 0 Å². The van der Waals surface area contributed by atoms with Crippen molar-refractivity contribution in [1.29, 1.82) is 0 Å². The van der Waals surface area contributed by atoms with E-state index in [4.69, 9.17) is 4.74 Å².